The van der Waals surface area contributed by atoms with Crippen molar-refractivity contribution in [2.75, 3.05) is 18.8 Å². The number of fused-ring (bicyclic) bond motifs is 1. The number of aryl methyl sites for hydroxylation is 1. The van der Waals surface area contributed by atoms with Crippen molar-refractivity contribution >= 4 is 28.5 Å². The molecule has 206 valence electrons. The molecule has 0 radical (unpaired) electrons. The summed E-state index contributed by atoms with van der Waals surface area (Å²) in [5.74, 6) is 1.13. The normalized spacial score (nSPS) is 19.3. The zero-order valence-electron chi connectivity index (χ0n) is 23.4. The maximum absolute atomic E-state index is 12.6. The first-order chi connectivity index (χ1) is 18.6. The quantitative estimate of drug-likeness (QED) is 0.458. The lowest BCUT2D eigenvalue weighted by Crippen LogP contribution is -2.45. The summed E-state index contributed by atoms with van der Waals surface area (Å²) in [5, 5.41) is 0.861. The Hall–Kier alpha value is -3.62. The summed E-state index contributed by atoms with van der Waals surface area (Å²) < 4.78 is 13.6. The van der Waals surface area contributed by atoms with Gasteiger partial charge in [0.1, 0.15) is 29.5 Å². The third kappa shape index (κ3) is 5.06. The highest BCUT2D eigenvalue weighted by Crippen LogP contribution is 2.49. The van der Waals surface area contributed by atoms with Crippen molar-refractivity contribution in [3.63, 3.8) is 0 Å². The minimum Gasteiger partial charge on any atom is -0.474 e. The van der Waals surface area contributed by atoms with Crippen molar-refractivity contribution in [3.05, 3.63) is 36.4 Å². The number of hydrogen-bond acceptors (Lipinski definition) is 7. The molecule has 1 amide bonds. The van der Waals surface area contributed by atoms with Gasteiger partial charge in [-0.15, -0.1) is 0 Å². The molecular weight excluding hydrogens is 492 g/mol. The number of likely N-dealkylation sites (tertiary alicyclic amines) is 1. The molecule has 6 rings (SSSR count). The first-order valence-corrected chi connectivity index (χ1v) is 14.0. The van der Waals surface area contributed by atoms with E-state index in [0.717, 1.165) is 85.9 Å². The Morgan fingerprint density at radius 1 is 1.10 bits per heavy atom. The number of piperidine rings is 1. The lowest BCUT2D eigenvalue weighted by Gasteiger charge is -2.43. The summed E-state index contributed by atoms with van der Waals surface area (Å²) >= 11 is 0. The van der Waals surface area contributed by atoms with Crippen LogP contribution < -0.4 is 10.5 Å². The minimum atomic E-state index is -0.473. The van der Waals surface area contributed by atoms with Crippen LogP contribution in [0.5, 0.6) is 5.88 Å². The van der Waals surface area contributed by atoms with Crippen LogP contribution in [-0.4, -0.2) is 55.3 Å². The number of carbonyl (C=O) groups excluding carboxylic acids is 1. The molecule has 0 unspecified atom stereocenters. The molecule has 2 aliphatic carbocycles. The van der Waals surface area contributed by atoms with E-state index in [-0.39, 0.29) is 11.5 Å². The third-order valence-electron chi connectivity index (χ3n) is 8.32. The predicted molar refractivity (Wildman–Crippen MR) is 151 cm³/mol. The number of rotatable bonds is 4. The highest BCUT2D eigenvalue weighted by atomic mass is 16.6. The number of anilines is 1. The second-order valence-corrected chi connectivity index (χ2v) is 12.3. The average Bonchev–Trinajstić information content (AvgIpc) is 3.67. The number of carbonyl (C=O) groups is 1. The molecular formula is C30H38N6O3. The Kier molecular flexibility index (Phi) is 6.27. The van der Waals surface area contributed by atoms with Crippen LogP contribution in [-0.2, 0) is 11.8 Å². The number of nitrogens with zero attached hydrogens (tertiary/aromatic N) is 5. The molecule has 1 saturated heterocycles. The molecule has 3 aromatic heterocycles. The van der Waals surface area contributed by atoms with Gasteiger partial charge in [-0.25, -0.2) is 19.7 Å². The van der Waals surface area contributed by atoms with Crippen LogP contribution in [0.25, 0.3) is 27.7 Å². The van der Waals surface area contributed by atoms with Gasteiger partial charge in [0.2, 0.25) is 5.88 Å². The van der Waals surface area contributed by atoms with Crippen LogP contribution in [0.4, 0.5) is 10.6 Å². The van der Waals surface area contributed by atoms with Gasteiger partial charge in [0.05, 0.1) is 11.1 Å². The molecule has 1 spiro atoms. The van der Waals surface area contributed by atoms with Crippen LogP contribution in [0, 0.1) is 5.41 Å². The summed E-state index contributed by atoms with van der Waals surface area (Å²) in [6.07, 6.45) is 13.1. The Balaban J connectivity index is 1.28. The molecule has 0 bridgehead atoms. The van der Waals surface area contributed by atoms with Gasteiger partial charge >= 0.3 is 6.09 Å². The Bertz CT molecular complexity index is 1420. The van der Waals surface area contributed by atoms with E-state index >= 15 is 0 Å². The van der Waals surface area contributed by atoms with Gasteiger partial charge in [-0.1, -0.05) is 6.08 Å². The molecule has 2 fully saturated rings. The fraction of sp³-hybridized carbons (Fsp3) is 0.533. The number of ether oxygens (including phenoxy) is 2. The number of amides is 1. The molecule has 2 N–H and O–H groups in total. The molecule has 0 atom stereocenters. The number of pyridine rings is 1. The molecule has 9 heteroatoms. The molecule has 0 aromatic carbocycles. The Morgan fingerprint density at radius 3 is 2.49 bits per heavy atom. The molecule has 39 heavy (non-hydrogen) atoms. The fourth-order valence-corrected chi connectivity index (χ4v) is 5.99. The maximum Gasteiger partial charge on any atom is 0.410 e. The lowest BCUT2D eigenvalue weighted by atomic mass is 9.68. The second-order valence-electron chi connectivity index (χ2n) is 12.3. The molecule has 4 heterocycles. The number of allylic oxidation sites excluding steroid dienone is 2. The number of aromatic nitrogens is 4. The van der Waals surface area contributed by atoms with E-state index in [2.05, 4.69) is 38.7 Å². The summed E-state index contributed by atoms with van der Waals surface area (Å²) in [6, 6.07) is 4.01. The van der Waals surface area contributed by atoms with Crippen LogP contribution in [0.1, 0.15) is 71.4 Å². The minimum absolute atomic E-state index is 0.203. The first-order valence-electron chi connectivity index (χ1n) is 14.0. The van der Waals surface area contributed by atoms with Gasteiger partial charge in [0.25, 0.3) is 0 Å². The van der Waals surface area contributed by atoms with Crippen LogP contribution in [0.2, 0.25) is 0 Å². The fourth-order valence-electron chi connectivity index (χ4n) is 5.99. The standard InChI is InChI=1S/C30H38N6O3/c1-29(2,3)39-28(37)36-15-13-30(14-16-36)11-9-19(10-12-30)25-23(24-26(31)33-18-34-27(24)35(25)4)20-5-8-22(32-17-20)38-21-6-7-21/h5,8-9,17-18,21H,6-7,10-16H2,1-4H3,(H2,31,33,34). The molecule has 1 saturated carbocycles. The number of nitrogen functional groups attached to an aromatic ring is 1. The largest absolute Gasteiger partial charge is 0.474 e. The summed E-state index contributed by atoms with van der Waals surface area (Å²) in [6.45, 7) is 7.22. The smallest absolute Gasteiger partial charge is 0.410 e. The summed E-state index contributed by atoms with van der Waals surface area (Å²) in [5.41, 5.74) is 11.4. The van der Waals surface area contributed by atoms with Gasteiger partial charge in [-0.2, -0.15) is 0 Å². The zero-order valence-corrected chi connectivity index (χ0v) is 23.4. The van der Waals surface area contributed by atoms with Crippen LogP contribution in [0.15, 0.2) is 30.7 Å². The average molecular weight is 531 g/mol. The van der Waals surface area contributed by atoms with E-state index in [4.69, 9.17) is 15.2 Å². The van der Waals surface area contributed by atoms with Crippen molar-refractivity contribution in [2.24, 2.45) is 12.5 Å². The van der Waals surface area contributed by atoms with Crippen molar-refractivity contribution < 1.29 is 14.3 Å². The van der Waals surface area contributed by atoms with E-state index in [1.54, 1.807) is 0 Å². The third-order valence-corrected chi connectivity index (χ3v) is 8.32. The van der Waals surface area contributed by atoms with E-state index in [0.29, 0.717) is 17.8 Å². The zero-order chi connectivity index (χ0) is 27.4. The topological polar surface area (TPSA) is 108 Å². The van der Waals surface area contributed by atoms with Gasteiger partial charge in [0, 0.05) is 43.5 Å². The molecule has 9 nitrogen and oxygen atoms in total. The van der Waals surface area contributed by atoms with E-state index in [9.17, 15) is 4.79 Å². The van der Waals surface area contributed by atoms with Gasteiger partial charge in [-0.05, 0) is 82.8 Å². The van der Waals surface area contributed by atoms with Crippen molar-refractivity contribution in [3.8, 4) is 17.0 Å². The van der Waals surface area contributed by atoms with Gasteiger partial charge in [0.15, 0.2) is 0 Å². The summed E-state index contributed by atoms with van der Waals surface area (Å²) in [4.78, 5) is 28.0. The van der Waals surface area contributed by atoms with Crippen LogP contribution >= 0.6 is 0 Å². The van der Waals surface area contributed by atoms with E-state index < -0.39 is 5.60 Å². The Morgan fingerprint density at radius 2 is 1.87 bits per heavy atom. The Labute approximate surface area is 229 Å². The highest BCUT2D eigenvalue weighted by molar-refractivity contribution is 6.05. The molecule has 3 aliphatic rings. The predicted octanol–water partition coefficient (Wildman–Crippen LogP) is 5.74. The number of nitrogens with two attached hydrogens (primary N) is 1. The van der Waals surface area contributed by atoms with Crippen molar-refractivity contribution in [1.29, 1.82) is 0 Å². The van der Waals surface area contributed by atoms with E-state index in [1.807, 2.05) is 37.9 Å². The van der Waals surface area contributed by atoms with Crippen molar-refractivity contribution in [2.45, 2.75) is 77.4 Å². The van der Waals surface area contributed by atoms with E-state index in [1.165, 1.54) is 11.9 Å². The SMILES string of the molecule is Cn1c(C2=CCC3(CC2)CCN(C(=O)OC(C)(C)C)CC3)c(-c2ccc(OC3CC3)nc2)c2c(N)ncnc21. The monoisotopic (exact) mass is 530 g/mol. The maximum atomic E-state index is 12.6. The van der Waals surface area contributed by atoms with Crippen LogP contribution in [0.3, 0.4) is 0 Å². The highest BCUT2D eigenvalue weighted by Gasteiger charge is 2.39. The van der Waals surface area contributed by atoms with Crippen molar-refractivity contribution in [1.82, 2.24) is 24.4 Å². The van der Waals surface area contributed by atoms with Gasteiger partial charge < -0.3 is 24.7 Å². The summed E-state index contributed by atoms with van der Waals surface area (Å²) in [7, 11) is 2.05. The second kappa shape index (κ2) is 9.54. The first kappa shape index (κ1) is 25.6. The lowest BCUT2D eigenvalue weighted by molar-refractivity contribution is 0.00895. The van der Waals surface area contributed by atoms with Gasteiger partial charge in [-0.3, -0.25) is 0 Å². The molecule has 3 aromatic rings. The molecule has 1 aliphatic heterocycles. The number of hydrogen-bond donors (Lipinski definition) is 1.